The van der Waals surface area contributed by atoms with Crippen LogP contribution >= 0.6 is 0 Å². The summed E-state index contributed by atoms with van der Waals surface area (Å²) in [7, 11) is 0. The van der Waals surface area contributed by atoms with E-state index in [1.165, 1.54) is 6.08 Å². The number of aryl methyl sites for hydroxylation is 1. The molecule has 1 N–H and O–H groups in total. The number of hydrogen-bond donors (Lipinski definition) is 1. The molecule has 1 aromatic carbocycles. The maximum Gasteiger partial charge on any atom is 0.306 e. The van der Waals surface area contributed by atoms with Crippen molar-refractivity contribution < 1.29 is 23.8 Å². The van der Waals surface area contributed by atoms with E-state index in [1.54, 1.807) is 19.1 Å². The number of benzene rings is 1. The summed E-state index contributed by atoms with van der Waals surface area (Å²) in [6, 6.07) is 5.28. The molecule has 1 heterocycles. The van der Waals surface area contributed by atoms with E-state index in [2.05, 4.69) is 11.5 Å². The van der Waals surface area contributed by atoms with Gasteiger partial charge in [0.05, 0.1) is 18.1 Å². The van der Waals surface area contributed by atoms with Crippen LogP contribution in [0.25, 0.3) is 0 Å². The Bertz CT molecular complexity index is 807. The third-order valence-electron chi connectivity index (χ3n) is 6.54. The predicted molar refractivity (Wildman–Crippen MR) is 116 cm³/mol. The van der Waals surface area contributed by atoms with Crippen LogP contribution in [0.2, 0.25) is 0 Å². The number of aliphatic carboxylic acids is 1. The van der Waals surface area contributed by atoms with Crippen LogP contribution in [0.4, 0.5) is 4.39 Å². The molecule has 6 nitrogen and oxygen atoms in total. The smallest absolute Gasteiger partial charge is 0.306 e. The highest BCUT2D eigenvalue weighted by Crippen LogP contribution is 2.31. The quantitative estimate of drug-likeness (QED) is 0.668. The van der Waals surface area contributed by atoms with E-state index in [4.69, 9.17) is 4.74 Å². The average Bonchev–Trinajstić information content (AvgIpc) is 2.75. The predicted octanol–water partition coefficient (Wildman–Crippen LogP) is 3.55. The molecule has 0 bridgehead atoms. The maximum absolute atomic E-state index is 14.3. The number of carbonyl (C=O) groups excluding carboxylic acids is 1. The molecule has 1 aliphatic carbocycles. The van der Waals surface area contributed by atoms with Crippen molar-refractivity contribution in [2.45, 2.75) is 57.8 Å². The average molecular weight is 433 g/mol. The second kappa shape index (κ2) is 10.4. The highest BCUT2D eigenvalue weighted by Gasteiger charge is 2.31. The van der Waals surface area contributed by atoms with E-state index in [9.17, 15) is 19.1 Å². The van der Waals surface area contributed by atoms with Crippen LogP contribution in [0.15, 0.2) is 30.9 Å². The molecule has 3 rings (SSSR count). The van der Waals surface area contributed by atoms with Crippen LogP contribution in [0.3, 0.4) is 0 Å². The van der Waals surface area contributed by atoms with Gasteiger partial charge in [-0.2, -0.15) is 0 Å². The number of carbonyl (C=O) groups is 2. The Morgan fingerprint density at radius 3 is 2.58 bits per heavy atom. The summed E-state index contributed by atoms with van der Waals surface area (Å²) < 4.78 is 20.7. The Morgan fingerprint density at radius 1 is 1.29 bits per heavy atom. The van der Waals surface area contributed by atoms with Crippen molar-refractivity contribution in [3.05, 3.63) is 47.8 Å². The number of ether oxygens (including phenoxy) is 1. The number of halogens is 1. The summed E-state index contributed by atoms with van der Waals surface area (Å²) in [6.07, 6.45) is 3.60. The standard InChI is InChI=1S/C24H33FN2O4/c1-4-23(28)27-12-11-26(14-17(27)3)15-22(19-6-5-16(2)21(25)13-19)31-20-9-7-18(8-10-20)24(29)30/h4-6,13,17-18,20,22H,1,7-12,14-15H2,2-3H3,(H,29,30)/t17-,18?,20?,22?/m1/s1. The normalized spacial score (nSPS) is 25.8. The lowest BCUT2D eigenvalue weighted by atomic mass is 9.87. The van der Waals surface area contributed by atoms with Crippen LogP contribution in [0.1, 0.15) is 49.8 Å². The van der Waals surface area contributed by atoms with Crippen molar-refractivity contribution in [2.75, 3.05) is 26.2 Å². The third kappa shape index (κ3) is 5.92. The Kier molecular flexibility index (Phi) is 7.84. The molecule has 1 aromatic rings. The Hall–Kier alpha value is -2.25. The topological polar surface area (TPSA) is 70.1 Å². The van der Waals surface area contributed by atoms with Crippen LogP contribution in [-0.2, 0) is 14.3 Å². The highest BCUT2D eigenvalue weighted by atomic mass is 19.1. The molecule has 1 saturated heterocycles. The van der Waals surface area contributed by atoms with E-state index in [-0.39, 0.29) is 35.9 Å². The summed E-state index contributed by atoms with van der Waals surface area (Å²) in [4.78, 5) is 27.3. The van der Waals surface area contributed by atoms with Crippen LogP contribution in [0, 0.1) is 18.7 Å². The molecule has 2 fully saturated rings. The molecule has 31 heavy (non-hydrogen) atoms. The van der Waals surface area contributed by atoms with Gasteiger partial charge >= 0.3 is 5.97 Å². The Labute approximate surface area is 183 Å². The minimum absolute atomic E-state index is 0.0361. The van der Waals surface area contributed by atoms with Gasteiger partial charge in [-0.15, -0.1) is 0 Å². The number of carboxylic acids is 1. The van der Waals surface area contributed by atoms with Crippen molar-refractivity contribution in [1.82, 2.24) is 9.80 Å². The fourth-order valence-electron chi connectivity index (χ4n) is 4.59. The highest BCUT2D eigenvalue weighted by molar-refractivity contribution is 5.87. The Balaban J connectivity index is 1.69. The molecule has 1 amide bonds. The molecule has 170 valence electrons. The minimum atomic E-state index is -0.739. The SMILES string of the molecule is C=CC(=O)N1CCN(CC(OC2CCC(C(=O)O)CC2)c2ccc(C)c(F)c2)C[C@H]1C. The summed E-state index contributed by atoms with van der Waals surface area (Å²) in [5.74, 6) is -1.35. The summed E-state index contributed by atoms with van der Waals surface area (Å²) >= 11 is 0. The number of piperazine rings is 1. The number of amides is 1. The third-order valence-corrected chi connectivity index (χ3v) is 6.54. The molecule has 1 saturated carbocycles. The number of rotatable bonds is 7. The first-order chi connectivity index (χ1) is 14.8. The lowest BCUT2D eigenvalue weighted by Gasteiger charge is -2.41. The van der Waals surface area contributed by atoms with Crippen molar-refractivity contribution in [1.29, 1.82) is 0 Å². The molecule has 0 spiro atoms. The largest absolute Gasteiger partial charge is 0.481 e. The first-order valence-electron chi connectivity index (χ1n) is 11.1. The molecule has 1 unspecified atom stereocenters. The van der Waals surface area contributed by atoms with Crippen molar-refractivity contribution in [2.24, 2.45) is 5.92 Å². The van der Waals surface area contributed by atoms with Crippen LogP contribution in [0.5, 0.6) is 0 Å². The van der Waals surface area contributed by atoms with Crippen LogP contribution in [-0.4, -0.2) is 65.1 Å². The molecular weight excluding hydrogens is 399 g/mol. The van der Waals surface area contributed by atoms with Gasteiger partial charge in [0.25, 0.3) is 0 Å². The lowest BCUT2D eigenvalue weighted by molar-refractivity contribution is -0.144. The maximum atomic E-state index is 14.3. The van der Waals surface area contributed by atoms with Crippen molar-refractivity contribution in [3.8, 4) is 0 Å². The molecular formula is C24H33FN2O4. The second-order valence-electron chi connectivity index (χ2n) is 8.79. The Morgan fingerprint density at radius 2 is 2.00 bits per heavy atom. The lowest BCUT2D eigenvalue weighted by Crippen LogP contribution is -2.54. The van der Waals surface area contributed by atoms with Gasteiger partial charge in [0.15, 0.2) is 0 Å². The zero-order valence-corrected chi connectivity index (χ0v) is 18.4. The van der Waals surface area contributed by atoms with Gasteiger partial charge in [0.1, 0.15) is 5.82 Å². The first kappa shape index (κ1) is 23.4. The summed E-state index contributed by atoms with van der Waals surface area (Å²) in [5.41, 5.74) is 1.38. The van der Waals surface area contributed by atoms with Gasteiger partial charge in [-0.25, -0.2) is 4.39 Å². The molecule has 2 aliphatic rings. The monoisotopic (exact) mass is 432 g/mol. The van der Waals surface area contributed by atoms with Gasteiger partial charge in [-0.1, -0.05) is 18.7 Å². The van der Waals surface area contributed by atoms with Crippen molar-refractivity contribution >= 4 is 11.9 Å². The number of nitrogens with zero attached hydrogens (tertiary/aromatic N) is 2. The molecule has 0 radical (unpaired) electrons. The molecule has 1 aliphatic heterocycles. The van der Waals surface area contributed by atoms with Gasteiger partial charge < -0.3 is 14.7 Å². The fourth-order valence-corrected chi connectivity index (χ4v) is 4.59. The minimum Gasteiger partial charge on any atom is -0.481 e. The van der Waals surface area contributed by atoms with E-state index in [0.29, 0.717) is 57.4 Å². The van der Waals surface area contributed by atoms with Gasteiger partial charge in [0.2, 0.25) is 5.91 Å². The molecule has 0 aromatic heterocycles. The van der Waals surface area contributed by atoms with E-state index in [0.717, 1.165) is 5.56 Å². The van der Waals surface area contributed by atoms with Gasteiger partial charge in [-0.05, 0) is 62.8 Å². The number of carboxylic acid groups (broad SMARTS) is 1. The fraction of sp³-hybridized carbons (Fsp3) is 0.583. The van der Waals surface area contributed by atoms with Gasteiger partial charge in [-0.3, -0.25) is 14.5 Å². The number of hydrogen-bond acceptors (Lipinski definition) is 4. The van der Waals surface area contributed by atoms with E-state index < -0.39 is 5.97 Å². The zero-order valence-electron chi connectivity index (χ0n) is 18.4. The first-order valence-corrected chi connectivity index (χ1v) is 11.1. The van der Waals surface area contributed by atoms with E-state index >= 15 is 0 Å². The molecule has 7 heteroatoms. The van der Waals surface area contributed by atoms with Crippen LogP contribution < -0.4 is 0 Å². The summed E-state index contributed by atoms with van der Waals surface area (Å²) in [6.45, 7) is 9.96. The van der Waals surface area contributed by atoms with Gasteiger partial charge in [0, 0.05) is 32.2 Å². The second-order valence-corrected chi connectivity index (χ2v) is 8.79. The molecule has 2 atom stereocenters. The van der Waals surface area contributed by atoms with Crippen molar-refractivity contribution in [3.63, 3.8) is 0 Å². The van der Waals surface area contributed by atoms with E-state index in [1.807, 2.05) is 17.9 Å². The summed E-state index contributed by atoms with van der Waals surface area (Å²) in [5, 5.41) is 9.24. The zero-order chi connectivity index (χ0) is 22.5.